The van der Waals surface area contributed by atoms with E-state index in [2.05, 4.69) is 90.2 Å². The molecule has 3 aromatic rings. The zero-order chi connectivity index (χ0) is 15.0. The molecule has 0 fully saturated rings. The van der Waals surface area contributed by atoms with E-state index in [1.54, 1.807) is 0 Å². The number of hydrogen-bond donors (Lipinski definition) is 1. The highest BCUT2D eigenvalue weighted by Crippen LogP contribution is 2.27. The lowest BCUT2D eigenvalue weighted by atomic mass is 9.88. The fraction of sp³-hybridized carbons (Fsp3) is 0.143. The smallest absolute Gasteiger partial charge is 0.0340 e. The third kappa shape index (κ3) is 3.76. The molecule has 1 N–H and O–H groups in total. The lowest BCUT2D eigenvalue weighted by molar-refractivity contribution is 0.745. The van der Waals surface area contributed by atoms with Crippen molar-refractivity contribution in [3.63, 3.8) is 0 Å². The van der Waals surface area contributed by atoms with Crippen molar-refractivity contribution < 1.29 is 0 Å². The molecule has 0 heterocycles. The van der Waals surface area contributed by atoms with E-state index >= 15 is 0 Å². The van der Waals surface area contributed by atoms with Crippen LogP contribution in [0.1, 0.15) is 23.5 Å². The van der Waals surface area contributed by atoms with Crippen LogP contribution in [0.15, 0.2) is 91.0 Å². The predicted octanol–water partition coefficient (Wildman–Crippen LogP) is 5.32. The lowest BCUT2D eigenvalue weighted by Crippen LogP contribution is -2.09. The molecule has 0 amide bonds. The van der Waals surface area contributed by atoms with Gasteiger partial charge < -0.3 is 5.32 Å². The Balaban J connectivity index is 1.72. The van der Waals surface area contributed by atoms with Crippen LogP contribution in [0.5, 0.6) is 0 Å². The molecular formula is C21H21N. The molecule has 3 rings (SSSR count). The molecule has 1 heteroatoms. The number of benzene rings is 3. The molecule has 0 aliphatic carbocycles. The highest BCUT2D eigenvalue weighted by Gasteiger charge is 2.13. The third-order valence-corrected chi connectivity index (χ3v) is 3.94. The predicted molar refractivity (Wildman–Crippen MR) is 94.3 cm³/mol. The van der Waals surface area contributed by atoms with Crippen LogP contribution in [0, 0.1) is 0 Å². The molecule has 0 aliphatic heterocycles. The van der Waals surface area contributed by atoms with Crippen molar-refractivity contribution >= 4 is 5.69 Å². The summed E-state index contributed by atoms with van der Waals surface area (Å²) >= 11 is 0. The number of rotatable bonds is 6. The molecule has 0 saturated heterocycles. The Morgan fingerprint density at radius 3 is 1.55 bits per heavy atom. The van der Waals surface area contributed by atoms with Crippen LogP contribution in [-0.4, -0.2) is 6.54 Å². The van der Waals surface area contributed by atoms with Crippen LogP contribution in [0.25, 0.3) is 0 Å². The molecule has 0 spiro atoms. The van der Waals surface area contributed by atoms with Gasteiger partial charge in [0.15, 0.2) is 0 Å². The van der Waals surface area contributed by atoms with E-state index in [1.807, 2.05) is 6.07 Å². The van der Waals surface area contributed by atoms with E-state index in [-0.39, 0.29) is 0 Å². The zero-order valence-corrected chi connectivity index (χ0v) is 12.7. The summed E-state index contributed by atoms with van der Waals surface area (Å²) in [5.41, 5.74) is 3.94. The fourth-order valence-corrected chi connectivity index (χ4v) is 2.81. The first kappa shape index (κ1) is 14.4. The first-order chi connectivity index (χ1) is 10.9. The van der Waals surface area contributed by atoms with Crippen molar-refractivity contribution in [2.75, 3.05) is 11.9 Å². The van der Waals surface area contributed by atoms with E-state index in [0.29, 0.717) is 5.92 Å². The quantitative estimate of drug-likeness (QED) is 0.647. The molecule has 0 unspecified atom stereocenters. The van der Waals surface area contributed by atoms with Crippen LogP contribution in [-0.2, 0) is 0 Å². The molecule has 22 heavy (non-hydrogen) atoms. The molecule has 3 aromatic carbocycles. The Labute approximate surface area is 132 Å². The van der Waals surface area contributed by atoms with Gasteiger partial charge in [-0.1, -0.05) is 78.9 Å². The van der Waals surface area contributed by atoms with E-state index in [4.69, 9.17) is 0 Å². The van der Waals surface area contributed by atoms with Crippen LogP contribution in [0.2, 0.25) is 0 Å². The van der Waals surface area contributed by atoms with Crippen molar-refractivity contribution in [2.24, 2.45) is 0 Å². The molecular weight excluding hydrogens is 266 g/mol. The lowest BCUT2D eigenvalue weighted by Gasteiger charge is -2.19. The normalized spacial score (nSPS) is 10.6. The van der Waals surface area contributed by atoms with E-state index in [0.717, 1.165) is 13.0 Å². The fourth-order valence-electron chi connectivity index (χ4n) is 2.81. The average molecular weight is 287 g/mol. The Kier molecular flexibility index (Phi) is 4.88. The van der Waals surface area contributed by atoms with Gasteiger partial charge in [-0.2, -0.15) is 0 Å². The average Bonchev–Trinajstić information content (AvgIpc) is 2.61. The van der Waals surface area contributed by atoms with Crippen LogP contribution < -0.4 is 5.32 Å². The van der Waals surface area contributed by atoms with Crippen LogP contribution in [0.3, 0.4) is 0 Å². The highest BCUT2D eigenvalue weighted by atomic mass is 14.9. The number of nitrogens with one attached hydrogen (secondary N) is 1. The number of hydrogen-bond acceptors (Lipinski definition) is 1. The van der Waals surface area contributed by atoms with Gasteiger partial charge in [0.25, 0.3) is 0 Å². The van der Waals surface area contributed by atoms with Gasteiger partial charge in [-0.3, -0.25) is 0 Å². The summed E-state index contributed by atoms with van der Waals surface area (Å²) in [6, 6.07) is 31.9. The number of anilines is 1. The van der Waals surface area contributed by atoms with Gasteiger partial charge in [-0.05, 0) is 29.7 Å². The summed E-state index contributed by atoms with van der Waals surface area (Å²) in [4.78, 5) is 0. The Bertz CT molecular complexity index is 623. The molecule has 0 bridgehead atoms. The second-order valence-electron chi connectivity index (χ2n) is 5.46. The van der Waals surface area contributed by atoms with Gasteiger partial charge in [0.1, 0.15) is 0 Å². The van der Waals surface area contributed by atoms with Gasteiger partial charge in [-0.25, -0.2) is 0 Å². The molecule has 110 valence electrons. The summed E-state index contributed by atoms with van der Waals surface area (Å²) in [5.74, 6) is 0.429. The molecule has 0 saturated carbocycles. The molecule has 0 aromatic heterocycles. The minimum atomic E-state index is 0.429. The summed E-state index contributed by atoms with van der Waals surface area (Å²) in [6.07, 6.45) is 1.07. The minimum absolute atomic E-state index is 0.429. The van der Waals surface area contributed by atoms with E-state index < -0.39 is 0 Å². The van der Waals surface area contributed by atoms with Crippen molar-refractivity contribution in [3.8, 4) is 0 Å². The maximum Gasteiger partial charge on any atom is 0.0340 e. The molecule has 0 aliphatic rings. The Morgan fingerprint density at radius 2 is 1.05 bits per heavy atom. The second kappa shape index (κ2) is 7.46. The largest absolute Gasteiger partial charge is 0.385 e. The van der Waals surface area contributed by atoms with Gasteiger partial charge >= 0.3 is 0 Å². The first-order valence-corrected chi connectivity index (χ1v) is 7.82. The minimum Gasteiger partial charge on any atom is -0.385 e. The standard InChI is InChI=1S/C21H21N/c1-4-10-18(11-5-1)21(19-12-6-2-7-13-19)16-17-22-20-14-8-3-9-15-20/h1-15,21-22H,16-17H2. The van der Waals surface area contributed by atoms with Crippen LogP contribution >= 0.6 is 0 Å². The monoisotopic (exact) mass is 287 g/mol. The van der Waals surface area contributed by atoms with E-state index in [9.17, 15) is 0 Å². The summed E-state index contributed by atoms with van der Waals surface area (Å²) < 4.78 is 0. The topological polar surface area (TPSA) is 12.0 Å². The maximum atomic E-state index is 3.51. The van der Waals surface area contributed by atoms with Crippen molar-refractivity contribution in [2.45, 2.75) is 12.3 Å². The number of para-hydroxylation sites is 1. The van der Waals surface area contributed by atoms with Gasteiger partial charge in [0.05, 0.1) is 0 Å². The van der Waals surface area contributed by atoms with Crippen molar-refractivity contribution in [1.29, 1.82) is 0 Å². The summed E-state index contributed by atoms with van der Waals surface area (Å²) in [6.45, 7) is 0.957. The van der Waals surface area contributed by atoms with Gasteiger partial charge in [0, 0.05) is 18.2 Å². The summed E-state index contributed by atoms with van der Waals surface area (Å²) in [7, 11) is 0. The second-order valence-corrected chi connectivity index (χ2v) is 5.46. The van der Waals surface area contributed by atoms with E-state index in [1.165, 1.54) is 16.8 Å². The molecule has 0 radical (unpaired) electrons. The maximum absolute atomic E-state index is 3.51. The summed E-state index contributed by atoms with van der Waals surface area (Å²) in [5, 5.41) is 3.51. The molecule has 1 nitrogen and oxygen atoms in total. The van der Waals surface area contributed by atoms with Gasteiger partial charge in [-0.15, -0.1) is 0 Å². The van der Waals surface area contributed by atoms with Gasteiger partial charge in [0.2, 0.25) is 0 Å². The SMILES string of the molecule is c1ccc(NCCC(c2ccccc2)c2ccccc2)cc1. The Hall–Kier alpha value is -2.54. The van der Waals surface area contributed by atoms with Crippen molar-refractivity contribution in [1.82, 2.24) is 0 Å². The molecule has 0 atom stereocenters. The van der Waals surface area contributed by atoms with Crippen molar-refractivity contribution in [3.05, 3.63) is 102 Å². The zero-order valence-electron chi connectivity index (χ0n) is 12.7. The third-order valence-electron chi connectivity index (χ3n) is 3.94. The Morgan fingerprint density at radius 1 is 0.591 bits per heavy atom. The first-order valence-electron chi connectivity index (χ1n) is 7.82. The van der Waals surface area contributed by atoms with Crippen LogP contribution in [0.4, 0.5) is 5.69 Å². The highest BCUT2D eigenvalue weighted by molar-refractivity contribution is 5.42.